The summed E-state index contributed by atoms with van der Waals surface area (Å²) in [6.45, 7) is 9.99. The second-order valence-electron chi connectivity index (χ2n) is 6.82. The molecule has 1 saturated heterocycles. The van der Waals surface area contributed by atoms with Gasteiger partial charge in [0.2, 0.25) is 5.89 Å². The van der Waals surface area contributed by atoms with E-state index in [1.54, 1.807) is 6.26 Å². The Balaban J connectivity index is 1.52. The van der Waals surface area contributed by atoms with Gasteiger partial charge in [0.05, 0.1) is 19.4 Å². The largest absolute Gasteiger partial charge is 0.468 e. The monoisotopic (exact) mass is 318 g/mol. The van der Waals surface area contributed by atoms with Crippen LogP contribution in [0.25, 0.3) is 0 Å². The summed E-state index contributed by atoms with van der Waals surface area (Å²) >= 11 is 0. The smallest absolute Gasteiger partial charge is 0.229 e. The number of rotatable bonds is 6. The van der Waals surface area contributed by atoms with Gasteiger partial charge >= 0.3 is 0 Å². The lowest BCUT2D eigenvalue weighted by Crippen LogP contribution is -2.34. The molecule has 0 radical (unpaired) electrons. The molecule has 0 amide bonds. The highest BCUT2D eigenvalue weighted by Gasteiger charge is 2.27. The van der Waals surface area contributed by atoms with Crippen LogP contribution in [-0.2, 0) is 13.1 Å². The van der Waals surface area contributed by atoms with Crippen molar-refractivity contribution in [1.82, 2.24) is 19.9 Å². The maximum absolute atomic E-state index is 5.56. The SMILES string of the molecule is Cc1ccoc1CN1CCC(N(C)Cc2noc(C(C)C)n2)C1. The molecule has 23 heavy (non-hydrogen) atoms. The molecule has 0 aromatic carbocycles. The Morgan fingerprint density at radius 1 is 1.43 bits per heavy atom. The standard InChI is InChI=1S/C17H26N4O2/c1-12(2)17-18-16(19-23-17)11-20(4)14-5-7-21(9-14)10-15-13(3)6-8-22-15/h6,8,12,14H,5,7,9-11H2,1-4H3. The van der Waals surface area contributed by atoms with E-state index in [2.05, 4.69) is 47.8 Å². The molecular weight excluding hydrogens is 292 g/mol. The van der Waals surface area contributed by atoms with Gasteiger partial charge in [-0.25, -0.2) is 0 Å². The second kappa shape index (κ2) is 6.84. The predicted molar refractivity (Wildman–Crippen MR) is 87.0 cm³/mol. The molecular formula is C17H26N4O2. The summed E-state index contributed by atoms with van der Waals surface area (Å²) < 4.78 is 10.8. The van der Waals surface area contributed by atoms with Crippen LogP contribution in [-0.4, -0.2) is 46.1 Å². The summed E-state index contributed by atoms with van der Waals surface area (Å²) in [5, 5.41) is 4.08. The molecule has 6 nitrogen and oxygen atoms in total. The zero-order chi connectivity index (χ0) is 16.4. The first-order valence-corrected chi connectivity index (χ1v) is 8.31. The van der Waals surface area contributed by atoms with Crippen LogP contribution in [0.5, 0.6) is 0 Å². The van der Waals surface area contributed by atoms with E-state index in [-0.39, 0.29) is 5.92 Å². The van der Waals surface area contributed by atoms with Gasteiger partial charge in [0.25, 0.3) is 0 Å². The van der Waals surface area contributed by atoms with Crippen LogP contribution in [0.1, 0.15) is 49.2 Å². The summed E-state index contributed by atoms with van der Waals surface area (Å²) in [5.74, 6) is 2.85. The highest BCUT2D eigenvalue weighted by molar-refractivity contribution is 5.14. The molecule has 1 atom stereocenters. The fourth-order valence-corrected chi connectivity index (χ4v) is 3.00. The maximum Gasteiger partial charge on any atom is 0.229 e. The Morgan fingerprint density at radius 3 is 2.91 bits per heavy atom. The minimum atomic E-state index is 0.278. The number of hydrogen-bond acceptors (Lipinski definition) is 6. The Hall–Kier alpha value is -1.66. The van der Waals surface area contributed by atoms with Crippen LogP contribution >= 0.6 is 0 Å². The lowest BCUT2D eigenvalue weighted by molar-refractivity contribution is 0.211. The molecule has 1 unspecified atom stereocenters. The second-order valence-corrected chi connectivity index (χ2v) is 6.82. The van der Waals surface area contributed by atoms with E-state index in [0.29, 0.717) is 6.04 Å². The Kier molecular flexibility index (Phi) is 4.82. The third kappa shape index (κ3) is 3.82. The molecule has 1 aliphatic heterocycles. The molecule has 6 heteroatoms. The lowest BCUT2D eigenvalue weighted by Gasteiger charge is -2.23. The summed E-state index contributed by atoms with van der Waals surface area (Å²) in [6.07, 6.45) is 2.93. The molecule has 0 saturated carbocycles. The minimum Gasteiger partial charge on any atom is -0.468 e. The number of hydrogen-bond donors (Lipinski definition) is 0. The molecule has 3 rings (SSSR count). The predicted octanol–water partition coefficient (Wildman–Crippen LogP) is 2.80. The summed E-state index contributed by atoms with van der Waals surface area (Å²) in [6, 6.07) is 2.55. The van der Waals surface area contributed by atoms with Gasteiger partial charge in [0.15, 0.2) is 5.82 Å². The number of likely N-dealkylation sites (N-methyl/N-ethyl adjacent to an activating group) is 1. The first-order chi connectivity index (χ1) is 11.0. The fourth-order valence-electron chi connectivity index (χ4n) is 3.00. The highest BCUT2D eigenvalue weighted by atomic mass is 16.5. The van der Waals surface area contributed by atoms with Crippen molar-refractivity contribution in [3.63, 3.8) is 0 Å². The first-order valence-electron chi connectivity index (χ1n) is 8.31. The van der Waals surface area contributed by atoms with E-state index in [4.69, 9.17) is 8.94 Å². The first kappa shape index (κ1) is 16.2. The van der Waals surface area contributed by atoms with E-state index >= 15 is 0 Å². The molecule has 0 spiro atoms. The van der Waals surface area contributed by atoms with Gasteiger partial charge in [-0.05, 0) is 32.0 Å². The molecule has 1 aliphatic rings. The van der Waals surface area contributed by atoms with Crippen molar-refractivity contribution in [3.05, 3.63) is 35.4 Å². The fraction of sp³-hybridized carbons (Fsp3) is 0.647. The van der Waals surface area contributed by atoms with E-state index in [1.807, 2.05) is 6.07 Å². The Bertz CT molecular complexity index is 634. The van der Waals surface area contributed by atoms with Crippen molar-refractivity contribution in [3.8, 4) is 0 Å². The summed E-state index contributed by atoms with van der Waals surface area (Å²) in [5.41, 5.74) is 1.23. The van der Waals surface area contributed by atoms with Crippen molar-refractivity contribution in [2.45, 2.75) is 52.2 Å². The van der Waals surface area contributed by atoms with Gasteiger partial charge in [0.1, 0.15) is 5.76 Å². The molecule has 126 valence electrons. The van der Waals surface area contributed by atoms with Crippen molar-refractivity contribution < 1.29 is 8.94 Å². The number of aryl methyl sites for hydroxylation is 1. The number of aromatic nitrogens is 2. The Labute approximate surface area is 137 Å². The normalized spacial score (nSPS) is 19.3. The quantitative estimate of drug-likeness (QED) is 0.816. The summed E-state index contributed by atoms with van der Waals surface area (Å²) in [7, 11) is 2.14. The van der Waals surface area contributed by atoms with Gasteiger partial charge in [0, 0.05) is 25.0 Å². The topological polar surface area (TPSA) is 58.5 Å². The zero-order valence-corrected chi connectivity index (χ0v) is 14.5. The van der Waals surface area contributed by atoms with Gasteiger partial charge in [-0.2, -0.15) is 4.98 Å². The average Bonchev–Trinajstić information content (AvgIpc) is 3.22. The van der Waals surface area contributed by atoms with E-state index < -0.39 is 0 Å². The molecule has 3 heterocycles. The third-order valence-electron chi connectivity index (χ3n) is 4.57. The van der Waals surface area contributed by atoms with Crippen molar-refractivity contribution in [2.75, 3.05) is 20.1 Å². The number of likely N-dealkylation sites (tertiary alicyclic amines) is 1. The van der Waals surface area contributed by atoms with Crippen LogP contribution in [0.15, 0.2) is 21.3 Å². The van der Waals surface area contributed by atoms with Crippen LogP contribution in [0, 0.1) is 6.92 Å². The van der Waals surface area contributed by atoms with Crippen LogP contribution in [0.3, 0.4) is 0 Å². The van der Waals surface area contributed by atoms with Crippen LogP contribution < -0.4 is 0 Å². The van der Waals surface area contributed by atoms with Gasteiger partial charge < -0.3 is 8.94 Å². The van der Waals surface area contributed by atoms with Crippen molar-refractivity contribution >= 4 is 0 Å². The maximum atomic E-state index is 5.56. The van der Waals surface area contributed by atoms with Gasteiger partial charge in [-0.15, -0.1) is 0 Å². The van der Waals surface area contributed by atoms with Gasteiger partial charge in [-0.1, -0.05) is 19.0 Å². The van der Waals surface area contributed by atoms with Gasteiger partial charge in [-0.3, -0.25) is 9.80 Å². The number of furan rings is 1. The van der Waals surface area contributed by atoms with E-state index in [9.17, 15) is 0 Å². The molecule has 0 bridgehead atoms. The molecule has 2 aromatic rings. The molecule has 2 aromatic heterocycles. The summed E-state index contributed by atoms with van der Waals surface area (Å²) in [4.78, 5) is 9.24. The number of nitrogens with zero attached hydrogens (tertiary/aromatic N) is 4. The van der Waals surface area contributed by atoms with Crippen molar-refractivity contribution in [1.29, 1.82) is 0 Å². The van der Waals surface area contributed by atoms with Crippen molar-refractivity contribution in [2.24, 2.45) is 0 Å². The lowest BCUT2D eigenvalue weighted by atomic mass is 10.2. The van der Waals surface area contributed by atoms with Crippen LogP contribution in [0.2, 0.25) is 0 Å². The van der Waals surface area contributed by atoms with E-state index in [1.165, 1.54) is 5.56 Å². The van der Waals surface area contributed by atoms with Crippen LogP contribution in [0.4, 0.5) is 0 Å². The zero-order valence-electron chi connectivity index (χ0n) is 14.5. The third-order valence-corrected chi connectivity index (χ3v) is 4.57. The minimum absolute atomic E-state index is 0.278. The molecule has 1 fully saturated rings. The van der Waals surface area contributed by atoms with E-state index in [0.717, 1.165) is 50.1 Å². The molecule has 0 N–H and O–H groups in total. The Morgan fingerprint density at radius 2 is 2.26 bits per heavy atom. The molecule has 0 aliphatic carbocycles. The average molecular weight is 318 g/mol. The highest BCUT2D eigenvalue weighted by Crippen LogP contribution is 2.20.